The van der Waals surface area contributed by atoms with Gasteiger partial charge in [-0.1, -0.05) is 0 Å². The van der Waals surface area contributed by atoms with Gasteiger partial charge in [0.25, 0.3) is 5.88 Å². The Morgan fingerprint density at radius 1 is 1.45 bits per heavy atom. The Hall–Kier alpha value is -2.31. The molecule has 0 atom stereocenters. The maximum absolute atomic E-state index is 12.1. The number of methoxy groups -OCH3 is 1. The van der Waals surface area contributed by atoms with Crippen LogP contribution in [0.3, 0.4) is 0 Å². The number of ether oxygens (including phenoxy) is 1. The Kier molecular flexibility index (Phi) is 4.85. The average molecular weight is 306 g/mol. The van der Waals surface area contributed by atoms with Crippen LogP contribution in [0.5, 0.6) is 5.88 Å². The first kappa shape index (κ1) is 16.1. The van der Waals surface area contributed by atoms with E-state index in [1.54, 1.807) is 6.07 Å². The van der Waals surface area contributed by atoms with Gasteiger partial charge in [-0.3, -0.25) is 9.48 Å². The lowest BCUT2D eigenvalue weighted by Gasteiger charge is -2.09. The van der Waals surface area contributed by atoms with Crippen LogP contribution in [0.4, 0.5) is 5.69 Å². The first-order chi connectivity index (χ1) is 10.4. The third kappa shape index (κ3) is 3.47. The highest BCUT2D eigenvalue weighted by Gasteiger charge is 2.16. The predicted molar refractivity (Wildman–Crippen MR) is 82.1 cm³/mol. The molecule has 0 radical (unpaired) electrons. The first-order valence-electron chi connectivity index (χ1n) is 7.27. The average Bonchev–Trinajstić information content (AvgIpc) is 3.04. The van der Waals surface area contributed by atoms with Crippen LogP contribution in [0.15, 0.2) is 10.6 Å². The van der Waals surface area contributed by atoms with Gasteiger partial charge in [0.2, 0.25) is 5.91 Å². The summed E-state index contributed by atoms with van der Waals surface area (Å²) in [6, 6.07) is 1.94. The van der Waals surface area contributed by atoms with E-state index in [4.69, 9.17) is 9.26 Å². The van der Waals surface area contributed by atoms with Gasteiger partial charge in [0.15, 0.2) is 0 Å². The highest BCUT2D eigenvalue weighted by Crippen LogP contribution is 2.22. The van der Waals surface area contributed by atoms with E-state index in [1.165, 1.54) is 7.11 Å². The molecule has 22 heavy (non-hydrogen) atoms. The lowest BCUT2D eigenvalue weighted by Crippen LogP contribution is -2.13. The molecule has 2 heterocycles. The molecule has 0 bridgehead atoms. The summed E-state index contributed by atoms with van der Waals surface area (Å²) in [6.07, 6.45) is 0.780. The number of rotatable bonds is 6. The van der Waals surface area contributed by atoms with Crippen molar-refractivity contribution in [3.8, 4) is 5.88 Å². The molecule has 7 heteroatoms. The molecular weight excluding hydrogens is 284 g/mol. The minimum absolute atomic E-state index is 0.0788. The van der Waals surface area contributed by atoms with Crippen LogP contribution in [-0.4, -0.2) is 28.0 Å². The number of hydrogen-bond acceptors (Lipinski definition) is 5. The monoisotopic (exact) mass is 306 g/mol. The molecule has 0 aliphatic carbocycles. The quantitative estimate of drug-likeness (QED) is 0.887. The van der Waals surface area contributed by atoms with E-state index in [-0.39, 0.29) is 11.9 Å². The lowest BCUT2D eigenvalue weighted by molar-refractivity contribution is -0.116. The highest BCUT2D eigenvalue weighted by atomic mass is 16.5. The number of carbonyl (C=O) groups excluding carboxylic acids is 1. The van der Waals surface area contributed by atoms with Crippen LogP contribution < -0.4 is 10.1 Å². The van der Waals surface area contributed by atoms with E-state index in [0.717, 1.165) is 17.1 Å². The van der Waals surface area contributed by atoms with Gasteiger partial charge in [0.05, 0.1) is 24.2 Å². The van der Waals surface area contributed by atoms with Crippen molar-refractivity contribution < 1.29 is 14.1 Å². The number of hydrogen-bond donors (Lipinski definition) is 1. The zero-order valence-electron chi connectivity index (χ0n) is 13.6. The Balaban J connectivity index is 1.97. The van der Waals surface area contributed by atoms with E-state index in [1.807, 2.05) is 18.5 Å². The van der Waals surface area contributed by atoms with Crippen LogP contribution >= 0.6 is 0 Å². The van der Waals surface area contributed by atoms with Crippen molar-refractivity contribution >= 4 is 11.6 Å². The summed E-state index contributed by atoms with van der Waals surface area (Å²) in [5.74, 6) is 0.962. The molecule has 7 nitrogen and oxygen atoms in total. The van der Waals surface area contributed by atoms with Crippen LogP contribution in [-0.2, 0) is 11.2 Å². The van der Waals surface area contributed by atoms with Crippen LogP contribution in [0.2, 0.25) is 0 Å². The normalized spacial score (nSPS) is 11.0. The third-order valence-corrected chi connectivity index (χ3v) is 3.42. The molecule has 0 aromatic carbocycles. The number of nitrogens with zero attached hydrogens (tertiary/aromatic N) is 3. The molecule has 2 aromatic rings. The summed E-state index contributed by atoms with van der Waals surface area (Å²) in [7, 11) is 1.52. The molecule has 2 rings (SSSR count). The van der Waals surface area contributed by atoms with Gasteiger partial charge < -0.3 is 14.6 Å². The Bertz CT molecular complexity index is 658. The standard InChI is InChI=1S/C15H22N4O3/c1-9(2)19-11(4)15(10(3)17-19)16-13(20)7-6-12-8-14(21-5)18-22-12/h8-9H,6-7H2,1-5H3,(H,16,20). The summed E-state index contributed by atoms with van der Waals surface area (Å²) in [5.41, 5.74) is 2.57. The van der Waals surface area contributed by atoms with E-state index in [0.29, 0.717) is 24.5 Å². The van der Waals surface area contributed by atoms with E-state index >= 15 is 0 Å². The van der Waals surface area contributed by atoms with E-state index < -0.39 is 0 Å². The number of carbonyl (C=O) groups is 1. The van der Waals surface area contributed by atoms with Crippen molar-refractivity contribution in [3.05, 3.63) is 23.2 Å². The SMILES string of the molecule is COc1cc(CCC(=O)Nc2c(C)nn(C(C)C)c2C)on1. The van der Waals surface area contributed by atoms with Crippen molar-refractivity contribution in [1.82, 2.24) is 14.9 Å². The maximum Gasteiger partial charge on any atom is 0.254 e. The zero-order chi connectivity index (χ0) is 16.3. The molecular formula is C15H22N4O3. The zero-order valence-corrected chi connectivity index (χ0v) is 13.6. The number of amides is 1. The largest absolute Gasteiger partial charge is 0.479 e. The van der Waals surface area contributed by atoms with Gasteiger partial charge >= 0.3 is 0 Å². The van der Waals surface area contributed by atoms with Crippen molar-refractivity contribution in [3.63, 3.8) is 0 Å². The molecule has 0 aliphatic heterocycles. The molecule has 0 aliphatic rings. The molecule has 0 spiro atoms. The van der Waals surface area contributed by atoms with Crippen molar-refractivity contribution in [1.29, 1.82) is 0 Å². The summed E-state index contributed by atoms with van der Waals surface area (Å²) in [5, 5.41) is 11.1. The van der Waals surface area contributed by atoms with Crippen LogP contribution in [0, 0.1) is 13.8 Å². The van der Waals surface area contributed by atoms with Crippen LogP contribution in [0.25, 0.3) is 0 Å². The molecule has 1 N–H and O–H groups in total. The Morgan fingerprint density at radius 3 is 2.73 bits per heavy atom. The fourth-order valence-electron chi connectivity index (χ4n) is 2.29. The van der Waals surface area contributed by atoms with Gasteiger partial charge in [-0.05, 0) is 32.9 Å². The van der Waals surface area contributed by atoms with Gasteiger partial charge in [-0.2, -0.15) is 5.10 Å². The second kappa shape index (κ2) is 6.64. The van der Waals surface area contributed by atoms with Gasteiger partial charge in [0.1, 0.15) is 5.76 Å². The smallest absolute Gasteiger partial charge is 0.254 e. The van der Waals surface area contributed by atoms with Crippen molar-refractivity contribution in [2.45, 2.75) is 46.6 Å². The first-order valence-corrected chi connectivity index (χ1v) is 7.27. The van der Waals surface area contributed by atoms with Crippen molar-refractivity contribution in [2.24, 2.45) is 0 Å². The summed E-state index contributed by atoms with van der Waals surface area (Å²) < 4.78 is 11.9. The second-order valence-electron chi connectivity index (χ2n) is 5.47. The van der Waals surface area contributed by atoms with E-state index in [9.17, 15) is 4.79 Å². The summed E-state index contributed by atoms with van der Waals surface area (Å²) in [6.45, 7) is 7.96. The predicted octanol–water partition coefficient (Wildman–Crippen LogP) is 2.65. The number of aryl methyl sites for hydroxylation is 2. The topological polar surface area (TPSA) is 82.2 Å². The van der Waals surface area contributed by atoms with Crippen LogP contribution in [0.1, 0.15) is 43.5 Å². The lowest BCUT2D eigenvalue weighted by atomic mass is 10.2. The second-order valence-corrected chi connectivity index (χ2v) is 5.47. The number of anilines is 1. The molecule has 2 aromatic heterocycles. The van der Waals surface area contributed by atoms with Gasteiger partial charge in [-0.15, -0.1) is 0 Å². The fourth-order valence-corrected chi connectivity index (χ4v) is 2.29. The Morgan fingerprint density at radius 2 is 2.18 bits per heavy atom. The molecule has 0 saturated heterocycles. The number of aromatic nitrogens is 3. The Labute approximate surface area is 129 Å². The van der Waals surface area contributed by atoms with Crippen molar-refractivity contribution in [2.75, 3.05) is 12.4 Å². The minimum atomic E-state index is -0.0788. The fraction of sp³-hybridized carbons (Fsp3) is 0.533. The molecule has 0 unspecified atom stereocenters. The van der Waals surface area contributed by atoms with Gasteiger partial charge in [-0.25, -0.2) is 0 Å². The highest BCUT2D eigenvalue weighted by molar-refractivity contribution is 5.92. The summed E-state index contributed by atoms with van der Waals surface area (Å²) in [4.78, 5) is 12.1. The molecule has 120 valence electrons. The minimum Gasteiger partial charge on any atom is -0.479 e. The van der Waals surface area contributed by atoms with Gasteiger partial charge in [0, 0.05) is 24.9 Å². The molecule has 0 saturated carbocycles. The number of nitrogens with one attached hydrogen (secondary N) is 1. The third-order valence-electron chi connectivity index (χ3n) is 3.42. The molecule has 0 fully saturated rings. The summed E-state index contributed by atoms with van der Waals surface area (Å²) >= 11 is 0. The maximum atomic E-state index is 12.1. The van der Waals surface area contributed by atoms with E-state index in [2.05, 4.69) is 29.4 Å². The molecule has 1 amide bonds.